The summed E-state index contributed by atoms with van der Waals surface area (Å²) < 4.78 is 25.8. The van der Waals surface area contributed by atoms with Crippen molar-refractivity contribution in [3.8, 4) is 11.4 Å². The van der Waals surface area contributed by atoms with E-state index in [4.69, 9.17) is 0 Å². The molecule has 29 heavy (non-hydrogen) atoms. The second-order valence-corrected chi connectivity index (χ2v) is 10.1. The van der Waals surface area contributed by atoms with E-state index in [1.54, 1.807) is 4.80 Å². The number of tetrazole rings is 1. The Labute approximate surface area is 173 Å². The maximum atomic E-state index is 12.4. The average Bonchev–Trinajstić information content (AvgIpc) is 3.34. The monoisotopic (exact) mass is 427 g/mol. The van der Waals surface area contributed by atoms with Crippen LogP contribution in [0.25, 0.3) is 21.6 Å². The summed E-state index contributed by atoms with van der Waals surface area (Å²) in [5.41, 5.74) is 1.79. The zero-order valence-electron chi connectivity index (χ0n) is 15.8. The van der Waals surface area contributed by atoms with Crippen LogP contribution in [-0.4, -0.2) is 39.4 Å². The van der Waals surface area contributed by atoms with E-state index in [-0.39, 0.29) is 11.5 Å². The largest absolute Gasteiger partial charge is 0.240 e. The minimum Gasteiger partial charge on any atom is -0.240 e. The van der Waals surface area contributed by atoms with E-state index in [2.05, 4.69) is 20.4 Å². The van der Waals surface area contributed by atoms with Crippen LogP contribution in [0.4, 0.5) is 0 Å². The van der Waals surface area contributed by atoms with Crippen molar-refractivity contribution in [3.05, 3.63) is 59.6 Å². The minimum absolute atomic E-state index is 0.0113. The number of para-hydroxylation sites is 1. The van der Waals surface area contributed by atoms with Gasteiger partial charge in [-0.3, -0.25) is 0 Å². The number of unbranched alkanes of at least 4 members (excludes halogenated alkanes) is 2. The first-order valence-electron chi connectivity index (χ1n) is 9.47. The molecule has 0 aliphatic carbocycles. The number of hydrogen-bond acceptors (Lipinski definition) is 7. The number of benzene rings is 2. The fourth-order valence-corrected chi connectivity index (χ4v) is 5.80. The van der Waals surface area contributed by atoms with E-state index in [1.807, 2.05) is 54.6 Å². The molecule has 2 aromatic carbocycles. The molecule has 0 spiro atoms. The summed E-state index contributed by atoms with van der Waals surface area (Å²) in [6.07, 6.45) is 2.22. The molecule has 0 radical (unpaired) electrons. The summed E-state index contributed by atoms with van der Waals surface area (Å²) in [5.74, 6) is 0.782. The molecule has 2 aromatic heterocycles. The van der Waals surface area contributed by atoms with Crippen LogP contribution in [0.2, 0.25) is 0 Å². The number of fused-ring (bicyclic) bond motifs is 1. The molecule has 0 aliphatic rings. The van der Waals surface area contributed by atoms with Gasteiger partial charge in [-0.25, -0.2) is 13.4 Å². The first-order chi connectivity index (χ1) is 14.1. The van der Waals surface area contributed by atoms with Crippen molar-refractivity contribution in [3.63, 3.8) is 0 Å². The zero-order valence-corrected chi connectivity index (χ0v) is 17.4. The molecule has 0 N–H and O–H groups in total. The number of aryl methyl sites for hydroxylation is 1. The van der Waals surface area contributed by atoms with Gasteiger partial charge in [0.15, 0.2) is 9.84 Å². The predicted molar refractivity (Wildman–Crippen MR) is 114 cm³/mol. The Hall–Kier alpha value is -2.65. The van der Waals surface area contributed by atoms with Gasteiger partial charge in [-0.05, 0) is 30.2 Å². The van der Waals surface area contributed by atoms with Gasteiger partial charge in [0.25, 0.3) is 0 Å². The van der Waals surface area contributed by atoms with Crippen LogP contribution < -0.4 is 0 Å². The van der Waals surface area contributed by atoms with Crippen LogP contribution in [-0.2, 0) is 22.1 Å². The molecule has 2 heterocycles. The predicted octanol–water partition coefficient (Wildman–Crippen LogP) is 3.74. The van der Waals surface area contributed by atoms with Crippen LogP contribution in [0.3, 0.4) is 0 Å². The smallest absolute Gasteiger partial charge is 0.204 e. The highest BCUT2D eigenvalue weighted by Gasteiger charge is 2.15. The molecule has 0 saturated carbocycles. The van der Waals surface area contributed by atoms with Crippen molar-refractivity contribution in [2.24, 2.45) is 0 Å². The van der Waals surface area contributed by atoms with Gasteiger partial charge >= 0.3 is 0 Å². The van der Waals surface area contributed by atoms with Gasteiger partial charge in [0.1, 0.15) is 10.8 Å². The zero-order chi connectivity index (χ0) is 20.1. The quantitative estimate of drug-likeness (QED) is 0.378. The van der Waals surface area contributed by atoms with Crippen LogP contribution in [0.1, 0.15) is 24.3 Å². The molecule has 0 amide bonds. The van der Waals surface area contributed by atoms with E-state index in [0.717, 1.165) is 28.6 Å². The third-order valence-corrected chi connectivity index (χ3v) is 7.32. The number of thiazole rings is 1. The lowest BCUT2D eigenvalue weighted by atomic mass is 10.2. The molecule has 9 heteroatoms. The molecular weight excluding hydrogens is 406 g/mol. The summed E-state index contributed by atoms with van der Waals surface area (Å²) in [6, 6.07) is 17.4. The van der Waals surface area contributed by atoms with Crippen molar-refractivity contribution < 1.29 is 8.42 Å². The third kappa shape index (κ3) is 5.24. The van der Waals surface area contributed by atoms with Gasteiger partial charge in [-0.15, -0.1) is 21.5 Å². The normalized spacial score (nSPS) is 11.9. The number of sulfone groups is 1. The van der Waals surface area contributed by atoms with Crippen LogP contribution >= 0.6 is 11.3 Å². The summed E-state index contributed by atoms with van der Waals surface area (Å²) >= 11 is 1.45. The topological polar surface area (TPSA) is 90.6 Å². The first-order valence-corrected chi connectivity index (χ1v) is 12.1. The number of aromatic nitrogens is 5. The standard InChI is InChI=1S/C20H21N5O2S2/c26-29(27,15-19-21-17-11-5-6-12-18(17)28-19)14-8-2-7-13-25-23-20(22-24-25)16-9-3-1-4-10-16/h1,3-6,9-12H,2,7-8,13-15H2. The molecule has 0 aliphatic heterocycles. The fraction of sp³-hybridized carbons (Fsp3) is 0.300. The third-order valence-electron chi connectivity index (χ3n) is 4.48. The molecule has 0 bridgehead atoms. The Morgan fingerprint density at radius 2 is 1.72 bits per heavy atom. The summed E-state index contributed by atoms with van der Waals surface area (Å²) in [7, 11) is -3.16. The minimum atomic E-state index is -3.16. The van der Waals surface area contributed by atoms with E-state index in [0.29, 0.717) is 23.8 Å². The maximum absolute atomic E-state index is 12.4. The maximum Gasteiger partial charge on any atom is 0.204 e. The molecule has 0 fully saturated rings. The fourth-order valence-electron chi connectivity index (χ4n) is 3.03. The van der Waals surface area contributed by atoms with E-state index in [1.165, 1.54) is 11.3 Å². The first kappa shape index (κ1) is 19.7. The Bertz CT molecular complexity index is 1150. The van der Waals surface area contributed by atoms with Crippen LogP contribution in [0.5, 0.6) is 0 Å². The van der Waals surface area contributed by atoms with Crippen LogP contribution in [0, 0.1) is 0 Å². The van der Waals surface area contributed by atoms with Crippen molar-refractivity contribution in [1.29, 1.82) is 0 Å². The lowest BCUT2D eigenvalue weighted by molar-refractivity contribution is 0.485. The Kier molecular flexibility index (Phi) is 5.96. The average molecular weight is 428 g/mol. The molecule has 0 atom stereocenters. The summed E-state index contributed by atoms with van der Waals surface area (Å²) in [6.45, 7) is 0.623. The Morgan fingerprint density at radius 3 is 2.55 bits per heavy atom. The lowest BCUT2D eigenvalue weighted by Gasteiger charge is -2.02. The van der Waals surface area contributed by atoms with Crippen molar-refractivity contribution >= 4 is 31.4 Å². The van der Waals surface area contributed by atoms with E-state index >= 15 is 0 Å². The van der Waals surface area contributed by atoms with Gasteiger partial charge in [0, 0.05) is 5.56 Å². The SMILES string of the molecule is O=S(=O)(CCCCCn1nnc(-c2ccccc2)n1)Cc1nc2ccccc2s1. The number of rotatable bonds is 9. The molecule has 150 valence electrons. The number of nitrogens with zero attached hydrogens (tertiary/aromatic N) is 5. The van der Waals surface area contributed by atoms with Gasteiger partial charge in [-0.1, -0.05) is 48.9 Å². The van der Waals surface area contributed by atoms with Gasteiger partial charge in [0.2, 0.25) is 5.82 Å². The van der Waals surface area contributed by atoms with Gasteiger partial charge in [-0.2, -0.15) is 4.80 Å². The highest BCUT2D eigenvalue weighted by molar-refractivity contribution is 7.90. The van der Waals surface area contributed by atoms with E-state index in [9.17, 15) is 8.42 Å². The number of hydrogen-bond donors (Lipinski definition) is 0. The molecule has 4 aromatic rings. The summed E-state index contributed by atoms with van der Waals surface area (Å²) in [4.78, 5) is 5.99. The van der Waals surface area contributed by atoms with Crippen molar-refractivity contribution in [2.45, 2.75) is 31.6 Å². The van der Waals surface area contributed by atoms with E-state index < -0.39 is 9.84 Å². The lowest BCUT2D eigenvalue weighted by Crippen LogP contribution is -2.10. The second kappa shape index (κ2) is 8.79. The molecular formula is C20H21N5O2S2. The molecule has 7 nitrogen and oxygen atoms in total. The van der Waals surface area contributed by atoms with Crippen molar-refractivity contribution in [2.75, 3.05) is 5.75 Å². The highest BCUT2D eigenvalue weighted by atomic mass is 32.2. The van der Waals surface area contributed by atoms with Gasteiger partial charge in [0.05, 0.1) is 22.5 Å². The summed E-state index contributed by atoms with van der Waals surface area (Å²) in [5, 5.41) is 13.2. The molecule has 0 unspecified atom stereocenters. The Morgan fingerprint density at radius 1 is 0.931 bits per heavy atom. The van der Waals surface area contributed by atoms with Gasteiger partial charge < -0.3 is 0 Å². The van der Waals surface area contributed by atoms with Crippen LogP contribution in [0.15, 0.2) is 54.6 Å². The highest BCUT2D eigenvalue weighted by Crippen LogP contribution is 2.23. The Balaban J connectivity index is 1.22. The molecule has 4 rings (SSSR count). The molecule has 0 saturated heterocycles. The van der Waals surface area contributed by atoms with Crippen molar-refractivity contribution in [1.82, 2.24) is 25.2 Å². The second-order valence-electron chi connectivity index (χ2n) is 6.80.